The molecule has 1 aliphatic rings. The Morgan fingerprint density at radius 1 is 1.08 bits per heavy atom. The summed E-state index contributed by atoms with van der Waals surface area (Å²) in [5, 5.41) is 0. The van der Waals surface area contributed by atoms with E-state index in [2.05, 4.69) is 39.0 Å². The van der Waals surface area contributed by atoms with Gasteiger partial charge in [-0.3, -0.25) is 0 Å². The standard InChI is InChI=1S/C11H18.C2H6/c1-9(2)10(3)11-7-5-4-6-8-11;1-2/h5,7-10H,4,6H2,1-3H3;1-2H3. The lowest BCUT2D eigenvalue weighted by Crippen LogP contribution is -2.06. The van der Waals surface area contributed by atoms with Crippen LogP contribution in [0.25, 0.3) is 0 Å². The maximum atomic E-state index is 2.38. The van der Waals surface area contributed by atoms with Gasteiger partial charge in [-0.2, -0.15) is 0 Å². The molecule has 0 heteroatoms. The molecule has 0 spiro atoms. The second-order valence-electron chi connectivity index (χ2n) is 3.72. The van der Waals surface area contributed by atoms with Gasteiger partial charge in [-0.15, -0.1) is 0 Å². The minimum Gasteiger partial charge on any atom is -0.0840 e. The SMILES string of the molecule is CC.CC(C)C(C)C1=CCCC=C1. The Bertz CT molecular complexity index is 172. The largest absolute Gasteiger partial charge is 0.0840 e. The molecule has 76 valence electrons. The minimum atomic E-state index is 0.728. The summed E-state index contributed by atoms with van der Waals surface area (Å²) in [6.07, 6.45) is 9.42. The molecule has 1 aliphatic carbocycles. The van der Waals surface area contributed by atoms with Gasteiger partial charge in [0.1, 0.15) is 0 Å². The van der Waals surface area contributed by atoms with Crippen molar-refractivity contribution in [3.63, 3.8) is 0 Å². The summed E-state index contributed by atoms with van der Waals surface area (Å²) in [5.74, 6) is 1.50. The van der Waals surface area contributed by atoms with Crippen molar-refractivity contribution in [2.75, 3.05) is 0 Å². The normalized spacial score (nSPS) is 17.5. The molecule has 13 heavy (non-hydrogen) atoms. The van der Waals surface area contributed by atoms with Crippen LogP contribution in [0, 0.1) is 11.8 Å². The van der Waals surface area contributed by atoms with Crippen LogP contribution in [0.3, 0.4) is 0 Å². The average molecular weight is 180 g/mol. The monoisotopic (exact) mass is 180 g/mol. The quantitative estimate of drug-likeness (QED) is 0.583. The summed E-state index contributed by atoms with van der Waals surface area (Å²) in [5.41, 5.74) is 1.53. The molecule has 0 radical (unpaired) electrons. The van der Waals surface area contributed by atoms with Gasteiger partial charge in [-0.25, -0.2) is 0 Å². The van der Waals surface area contributed by atoms with E-state index in [1.807, 2.05) is 13.8 Å². The van der Waals surface area contributed by atoms with Crippen molar-refractivity contribution in [2.45, 2.75) is 47.5 Å². The maximum absolute atomic E-state index is 2.38. The molecule has 0 saturated heterocycles. The molecule has 0 aromatic carbocycles. The molecule has 0 nitrogen and oxygen atoms in total. The van der Waals surface area contributed by atoms with Crippen molar-refractivity contribution >= 4 is 0 Å². The van der Waals surface area contributed by atoms with E-state index >= 15 is 0 Å². The first-order valence-electron chi connectivity index (χ1n) is 5.58. The zero-order valence-electron chi connectivity index (χ0n) is 9.80. The molecule has 0 saturated carbocycles. The van der Waals surface area contributed by atoms with Crippen molar-refractivity contribution in [1.29, 1.82) is 0 Å². The van der Waals surface area contributed by atoms with Crippen LogP contribution in [0.2, 0.25) is 0 Å². The van der Waals surface area contributed by atoms with Gasteiger partial charge in [-0.1, -0.05) is 52.8 Å². The van der Waals surface area contributed by atoms with Crippen LogP contribution in [-0.2, 0) is 0 Å². The van der Waals surface area contributed by atoms with Crippen LogP contribution in [0.1, 0.15) is 47.5 Å². The van der Waals surface area contributed by atoms with Gasteiger partial charge in [0.15, 0.2) is 0 Å². The molecule has 0 aliphatic heterocycles. The minimum absolute atomic E-state index is 0.728. The molecule has 0 heterocycles. The summed E-state index contributed by atoms with van der Waals surface area (Å²) in [6, 6.07) is 0. The fourth-order valence-corrected chi connectivity index (χ4v) is 1.36. The summed E-state index contributed by atoms with van der Waals surface area (Å²) in [6.45, 7) is 10.9. The van der Waals surface area contributed by atoms with E-state index < -0.39 is 0 Å². The Kier molecular flexibility index (Phi) is 6.66. The molecule has 1 rings (SSSR count). The van der Waals surface area contributed by atoms with Crippen LogP contribution in [0.5, 0.6) is 0 Å². The van der Waals surface area contributed by atoms with Gasteiger partial charge >= 0.3 is 0 Å². The Labute approximate surface area is 83.7 Å². The molecule has 0 bridgehead atoms. The summed E-state index contributed by atoms with van der Waals surface area (Å²) in [4.78, 5) is 0. The summed E-state index contributed by atoms with van der Waals surface area (Å²) >= 11 is 0. The predicted octanol–water partition coefficient (Wildman–Crippen LogP) is 4.58. The second-order valence-corrected chi connectivity index (χ2v) is 3.72. The highest BCUT2D eigenvalue weighted by atomic mass is 14.2. The van der Waals surface area contributed by atoms with Crippen molar-refractivity contribution in [1.82, 2.24) is 0 Å². The van der Waals surface area contributed by atoms with Crippen molar-refractivity contribution in [3.05, 3.63) is 23.8 Å². The Morgan fingerprint density at radius 2 is 1.69 bits per heavy atom. The second kappa shape index (κ2) is 6.94. The number of allylic oxidation sites excluding steroid dienone is 4. The third kappa shape index (κ3) is 4.31. The van der Waals surface area contributed by atoms with Crippen LogP contribution in [0.15, 0.2) is 23.8 Å². The zero-order valence-corrected chi connectivity index (χ0v) is 9.80. The molecular formula is C13H24. The van der Waals surface area contributed by atoms with Gasteiger partial charge in [0, 0.05) is 0 Å². The van der Waals surface area contributed by atoms with Crippen molar-refractivity contribution < 1.29 is 0 Å². The smallest absolute Gasteiger partial charge is 0.0171 e. The highest BCUT2D eigenvalue weighted by Gasteiger charge is 2.10. The lowest BCUT2D eigenvalue weighted by molar-refractivity contribution is 0.485. The molecular weight excluding hydrogens is 156 g/mol. The number of hydrogen-bond donors (Lipinski definition) is 0. The van der Waals surface area contributed by atoms with Crippen molar-refractivity contribution in [3.8, 4) is 0 Å². The van der Waals surface area contributed by atoms with Crippen LogP contribution in [-0.4, -0.2) is 0 Å². The van der Waals surface area contributed by atoms with Gasteiger partial charge in [0.05, 0.1) is 0 Å². The third-order valence-electron chi connectivity index (χ3n) is 2.55. The van der Waals surface area contributed by atoms with E-state index in [9.17, 15) is 0 Å². The lowest BCUT2D eigenvalue weighted by atomic mass is 9.87. The van der Waals surface area contributed by atoms with Gasteiger partial charge in [-0.05, 0) is 30.3 Å². The molecule has 0 N–H and O–H groups in total. The van der Waals surface area contributed by atoms with E-state index in [-0.39, 0.29) is 0 Å². The fraction of sp³-hybridized carbons (Fsp3) is 0.692. The Balaban J connectivity index is 0.000000671. The fourth-order valence-electron chi connectivity index (χ4n) is 1.36. The Hall–Kier alpha value is -0.520. The third-order valence-corrected chi connectivity index (χ3v) is 2.55. The molecule has 1 unspecified atom stereocenters. The first kappa shape index (κ1) is 12.5. The van der Waals surface area contributed by atoms with E-state index in [1.54, 1.807) is 0 Å². The predicted molar refractivity (Wildman–Crippen MR) is 61.8 cm³/mol. The summed E-state index contributed by atoms with van der Waals surface area (Å²) in [7, 11) is 0. The number of hydrogen-bond acceptors (Lipinski definition) is 0. The van der Waals surface area contributed by atoms with Crippen LogP contribution < -0.4 is 0 Å². The van der Waals surface area contributed by atoms with Gasteiger partial charge in [0.2, 0.25) is 0 Å². The molecule has 0 amide bonds. The first-order valence-corrected chi connectivity index (χ1v) is 5.58. The molecule has 0 fully saturated rings. The Morgan fingerprint density at radius 3 is 2.08 bits per heavy atom. The summed E-state index contributed by atoms with van der Waals surface area (Å²) < 4.78 is 0. The lowest BCUT2D eigenvalue weighted by Gasteiger charge is -2.18. The average Bonchev–Trinajstić information content (AvgIpc) is 2.21. The van der Waals surface area contributed by atoms with E-state index in [4.69, 9.17) is 0 Å². The number of rotatable bonds is 2. The molecule has 0 aromatic rings. The van der Waals surface area contributed by atoms with Crippen LogP contribution >= 0.6 is 0 Å². The van der Waals surface area contributed by atoms with Gasteiger partial charge in [0.25, 0.3) is 0 Å². The van der Waals surface area contributed by atoms with E-state index in [0.29, 0.717) is 0 Å². The molecule has 1 atom stereocenters. The maximum Gasteiger partial charge on any atom is -0.0171 e. The highest BCUT2D eigenvalue weighted by Crippen LogP contribution is 2.24. The molecule has 0 aromatic heterocycles. The zero-order chi connectivity index (χ0) is 10.3. The highest BCUT2D eigenvalue weighted by molar-refractivity contribution is 5.24. The van der Waals surface area contributed by atoms with E-state index in [1.165, 1.54) is 18.4 Å². The van der Waals surface area contributed by atoms with E-state index in [0.717, 1.165) is 11.8 Å². The van der Waals surface area contributed by atoms with Gasteiger partial charge < -0.3 is 0 Å². The first-order chi connectivity index (χ1) is 6.22. The topological polar surface area (TPSA) is 0 Å². The van der Waals surface area contributed by atoms with Crippen molar-refractivity contribution in [2.24, 2.45) is 11.8 Å². The van der Waals surface area contributed by atoms with Crippen LogP contribution in [0.4, 0.5) is 0 Å².